The van der Waals surface area contributed by atoms with E-state index in [-0.39, 0.29) is 24.3 Å². The Kier molecular flexibility index (Phi) is 6.90. The molecule has 3 aromatic rings. The molecule has 5 heteroatoms. The average molecular weight is 385 g/mol. The van der Waals surface area contributed by atoms with Crippen LogP contribution in [0.4, 0.5) is 0 Å². The van der Waals surface area contributed by atoms with Crippen molar-refractivity contribution in [2.24, 2.45) is 5.10 Å². The van der Waals surface area contributed by atoms with E-state index in [0.29, 0.717) is 11.3 Å². The fourth-order valence-electron chi connectivity index (χ4n) is 2.88. The van der Waals surface area contributed by atoms with E-state index in [4.69, 9.17) is 0 Å². The second kappa shape index (κ2) is 9.99. The summed E-state index contributed by atoms with van der Waals surface area (Å²) in [4.78, 5) is 24.6. The van der Waals surface area contributed by atoms with E-state index in [1.807, 2.05) is 66.7 Å². The quantitative estimate of drug-likeness (QED) is 0.480. The maximum atomic E-state index is 12.4. The summed E-state index contributed by atoms with van der Waals surface area (Å²) < 4.78 is 0. The molecule has 1 atom stereocenters. The van der Waals surface area contributed by atoms with Gasteiger partial charge in [-0.25, -0.2) is 5.43 Å². The number of nitrogens with one attached hydrogen (secondary N) is 2. The highest BCUT2D eigenvalue weighted by Crippen LogP contribution is 2.10. The molecule has 0 radical (unpaired) electrons. The van der Waals surface area contributed by atoms with Gasteiger partial charge in [0, 0.05) is 29.2 Å². The summed E-state index contributed by atoms with van der Waals surface area (Å²) in [5, 5.41) is 7.19. The molecule has 5 nitrogen and oxygen atoms in total. The third kappa shape index (κ3) is 5.87. The molecular weight excluding hydrogens is 362 g/mol. The van der Waals surface area contributed by atoms with Crippen molar-refractivity contribution in [3.05, 3.63) is 108 Å². The van der Waals surface area contributed by atoms with Crippen molar-refractivity contribution in [1.29, 1.82) is 0 Å². The first kappa shape index (κ1) is 20.0. The number of hydrogen-bond donors (Lipinski definition) is 2. The predicted octanol–water partition coefficient (Wildman–Crippen LogP) is 3.76. The highest BCUT2D eigenvalue weighted by molar-refractivity contribution is 6.13. The number of amides is 2. The normalized spacial score (nSPS) is 11.2. The van der Waals surface area contributed by atoms with Gasteiger partial charge in [0.15, 0.2) is 0 Å². The number of carbonyl (C=O) groups excluding carboxylic acids is 2. The van der Waals surface area contributed by atoms with Gasteiger partial charge in [-0.05, 0) is 19.1 Å². The Hall–Kier alpha value is -3.73. The maximum absolute atomic E-state index is 12.4. The fraction of sp³-hybridized carbons (Fsp3) is 0.125. The number of rotatable bonds is 7. The number of benzene rings is 3. The first-order valence-electron chi connectivity index (χ1n) is 9.47. The van der Waals surface area contributed by atoms with E-state index in [1.165, 1.54) is 0 Å². The Morgan fingerprint density at radius 2 is 1.21 bits per heavy atom. The van der Waals surface area contributed by atoms with Crippen LogP contribution in [0.5, 0.6) is 0 Å². The van der Waals surface area contributed by atoms with Crippen molar-refractivity contribution in [2.45, 2.75) is 19.4 Å². The zero-order chi connectivity index (χ0) is 20.5. The van der Waals surface area contributed by atoms with E-state index in [9.17, 15) is 9.59 Å². The van der Waals surface area contributed by atoms with E-state index < -0.39 is 0 Å². The summed E-state index contributed by atoms with van der Waals surface area (Å²) in [5.74, 6) is -0.473. The van der Waals surface area contributed by atoms with Crippen LogP contribution in [0.15, 0.2) is 96.1 Å². The molecule has 0 aliphatic carbocycles. The van der Waals surface area contributed by atoms with Gasteiger partial charge >= 0.3 is 0 Å². The van der Waals surface area contributed by atoms with E-state index in [0.717, 1.165) is 11.1 Å². The molecule has 0 fully saturated rings. The fourth-order valence-corrected chi connectivity index (χ4v) is 2.88. The molecule has 0 spiro atoms. The van der Waals surface area contributed by atoms with E-state index >= 15 is 0 Å². The molecule has 3 aromatic carbocycles. The second-order valence-corrected chi connectivity index (χ2v) is 6.67. The number of hydrogen-bond acceptors (Lipinski definition) is 3. The lowest BCUT2D eigenvalue weighted by atomic mass is 10.0. The smallest absolute Gasteiger partial charge is 0.251 e. The van der Waals surface area contributed by atoms with Crippen LogP contribution in [0.25, 0.3) is 0 Å². The molecule has 0 aromatic heterocycles. The monoisotopic (exact) mass is 385 g/mol. The Morgan fingerprint density at radius 1 is 0.759 bits per heavy atom. The van der Waals surface area contributed by atoms with Crippen molar-refractivity contribution in [2.75, 3.05) is 0 Å². The summed E-state index contributed by atoms with van der Waals surface area (Å²) in [6.07, 6.45) is 0.124. The lowest BCUT2D eigenvalue weighted by molar-refractivity contribution is -0.121. The highest BCUT2D eigenvalue weighted by atomic mass is 16.2. The minimum Gasteiger partial charge on any atom is -0.349 e. The number of nitrogens with zero attached hydrogens (tertiary/aromatic N) is 1. The molecule has 0 aliphatic heterocycles. The summed E-state index contributed by atoms with van der Waals surface area (Å²) in [6, 6.07) is 28.0. The SMILES string of the molecule is CC(CC(=O)NN=C(c1ccccc1)c1ccccc1)NC(=O)c1ccccc1. The van der Waals surface area contributed by atoms with Crippen molar-refractivity contribution in [3.8, 4) is 0 Å². The molecule has 2 N–H and O–H groups in total. The van der Waals surface area contributed by atoms with Gasteiger partial charge in [-0.3, -0.25) is 9.59 Å². The van der Waals surface area contributed by atoms with Gasteiger partial charge in [0.05, 0.1) is 5.71 Å². The third-order valence-electron chi connectivity index (χ3n) is 4.29. The van der Waals surface area contributed by atoms with Crippen LogP contribution in [0, 0.1) is 0 Å². The molecule has 3 rings (SSSR count). The molecule has 0 aliphatic rings. The molecule has 0 bridgehead atoms. The molecule has 29 heavy (non-hydrogen) atoms. The van der Waals surface area contributed by atoms with Crippen LogP contribution in [0.1, 0.15) is 34.8 Å². The zero-order valence-electron chi connectivity index (χ0n) is 16.2. The minimum absolute atomic E-state index is 0.124. The second-order valence-electron chi connectivity index (χ2n) is 6.67. The minimum atomic E-state index is -0.324. The Balaban J connectivity index is 1.65. The van der Waals surface area contributed by atoms with E-state index in [1.54, 1.807) is 31.2 Å². The number of carbonyl (C=O) groups is 2. The molecule has 0 saturated carbocycles. The first-order valence-corrected chi connectivity index (χ1v) is 9.47. The largest absolute Gasteiger partial charge is 0.349 e. The molecular formula is C24H23N3O2. The van der Waals surface area contributed by atoms with Crippen LogP contribution >= 0.6 is 0 Å². The number of hydrazone groups is 1. The summed E-state index contributed by atoms with van der Waals surface area (Å²) >= 11 is 0. The van der Waals surface area contributed by atoms with Crippen LogP contribution in [-0.4, -0.2) is 23.6 Å². The van der Waals surface area contributed by atoms with Crippen LogP contribution in [0.2, 0.25) is 0 Å². The Morgan fingerprint density at radius 3 is 1.69 bits per heavy atom. The van der Waals surface area contributed by atoms with Crippen molar-refractivity contribution < 1.29 is 9.59 Å². The Labute approximate surface area is 170 Å². The van der Waals surface area contributed by atoms with Crippen LogP contribution in [0.3, 0.4) is 0 Å². The third-order valence-corrected chi connectivity index (χ3v) is 4.29. The van der Waals surface area contributed by atoms with Gasteiger partial charge in [-0.2, -0.15) is 5.10 Å². The maximum Gasteiger partial charge on any atom is 0.251 e. The van der Waals surface area contributed by atoms with Crippen LogP contribution in [-0.2, 0) is 4.79 Å². The zero-order valence-corrected chi connectivity index (χ0v) is 16.2. The van der Waals surface area contributed by atoms with Crippen LogP contribution < -0.4 is 10.7 Å². The highest BCUT2D eigenvalue weighted by Gasteiger charge is 2.14. The first-order chi connectivity index (χ1) is 14.1. The predicted molar refractivity (Wildman–Crippen MR) is 115 cm³/mol. The summed E-state index contributed by atoms with van der Waals surface area (Å²) in [5.41, 5.74) is 5.68. The van der Waals surface area contributed by atoms with Gasteiger partial charge in [0.1, 0.15) is 0 Å². The van der Waals surface area contributed by atoms with Gasteiger partial charge in [-0.15, -0.1) is 0 Å². The van der Waals surface area contributed by atoms with Gasteiger partial charge < -0.3 is 5.32 Å². The van der Waals surface area contributed by atoms with E-state index in [2.05, 4.69) is 15.8 Å². The molecule has 146 valence electrons. The van der Waals surface area contributed by atoms with Gasteiger partial charge in [0.25, 0.3) is 5.91 Å². The van der Waals surface area contributed by atoms with Gasteiger partial charge in [-0.1, -0.05) is 78.9 Å². The molecule has 0 heterocycles. The van der Waals surface area contributed by atoms with Gasteiger partial charge in [0.2, 0.25) is 5.91 Å². The summed E-state index contributed by atoms with van der Waals surface area (Å²) in [6.45, 7) is 1.79. The molecule has 1 unspecified atom stereocenters. The van der Waals surface area contributed by atoms with Crippen molar-refractivity contribution in [1.82, 2.24) is 10.7 Å². The molecule has 0 saturated heterocycles. The average Bonchev–Trinajstić information content (AvgIpc) is 2.76. The standard InChI is InChI=1S/C24H23N3O2/c1-18(25-24(29)21-15-9-4-10-16-21)17-22(28)26-27-23(19-11-5-2-6-12-19)20-13-7-3-8-14-20/h2-16,18H,17H2,1H3,(H,25,29)(H,26,28). The lowest BCUT2D eigenvalue weighted by Crippen LogP contribution is -2.36. The topological polar surface area (TPSA) is 70.6 Å². The van der Waals surface area contributed by atoms with Crippen molar-refractivity contribution >= 4 is 17.5 Å². The summed E-state index contributed by atoms with van der Waals surface area (Å²) in [7, 11) is 0. The van der Waals surface area contributed by atoms with Crippen molar-refractivity contribution in [3.63, 3.8) is 0 Å². The Bertz CT molecular complexity index is 929. The lowest BCUT2D eigenvalue weighted by Gasteiger charge is -2.13. The molecule has 2 amide bonds.